The molecule has 1 saturated heterocycles. The van der Waals surface area contributed by atoms with E-state index in [1.54, 1.807) is 18.3 Å². The first-order valence-electron chi connectivity index (χ1n) is 6.24. The van der Waals surface area contributed by atoms with Gasteiger partial charge < -0.3 is 11.1 Å². The Bertz CT molecular complexity index is 386. The predicted molar refractivity (Wildman–Crippen MR) is 67.9 cm³/mol. The molecule has 4 heteroatoms. The van der Waals surface area contributed by atoms with Crippen LogP contribution in [0.4, 0.5) is 5.82 Å². The van der Waals surface area contributed by atoms with Crippen LogP contribution in [-0.2, 0) is 0 Å². The predicted octanol–water partition coefficient (Wildman–Crippen LogP) is 1.77. The average molecular weight is 233 g/mol. The molecule has 92 valence electrons. The van der Waals surface area contributed by atoms with E-state index in [1.165, 1.54) is 19.3 Å². The third kappa shape index (κ3) is 3.27. The van der Waals surface area contributed by atoms with E-state index < -0.39 is 0 Å². The minimum absolute atomic E-state index is 0.1000. The van der Waals surface area contributed by atoms with Crippen LogP contribution in [-0.4, -0.2) is 23.4 Å². The summed E-state index contributed by atoms with van der Waals surface area (Å²) in [7, 11) is 0. The molecule has 0 radical (unpaired) electrons. The Morgan fingerprint density at radius 3 is 3.12 bits per heavy atom. The SMILES string of the molecule is Nc1ncccc1C(=O)CCC1CCCCN1. The molecule has 0 spiro atoms. The van der Waals surface area contributed by atoms with Crippen molar-refractivity contribution in [3.05, 3.63) is 23.9 Å². The Morgan fingerprint density at radius 2 is 2.41 bits per heavy atom. The van der Waals surface area contributed by atoms with Crippen LogP contribution >= 0.6 is 0 Å². The second-order valence-electron chi connectivity index (χ2n) is 4.54. The standard InChI is InChI=1S/C13H19N3O/c14-13-11(5-3-9-16-13)12(17)7-6-10-4-1-2-8-15-10/h3,5,9-10,15H,1-2,4,6-8H2,(H2,14,16). The van der Waals surface area contributed by atoms with Crippen LogP contribution in [0.15, 0.2) is 18.3 Å². The zero-order valence-electron chi connectivity index (χ0n) is 9.98. The number of nitrogens with zero attached hydrogens (tertiary/aromatic N) is 1. The summed E-state index contributed by atoms with van der Waals surface area (Å²) in [5.74, 6) is 0.442. The van der Waals surface area contributed by atoms with Crippen molar-refractivity contribution < 1.29 is 4.79 Å². The highest BCUT2D eigenvalue weighted by atomic mass is 16.1. The first-order chi connectivity index (χ1) is 8.27. The molecule has 1 fully saturated rings. The summed E-state index contributed by atoms with van der Waals surface area (Å²) in [6.07, 6.45) is 6.74. The van der Waals surface area contributed by atoms with E-state index in [9.17, 15) is 4.79 Å². The van der Waals surface area contributed by atoms with E-state index in [0.717, 1.165) is 13.0 Å². The summed E-state index contributed by atoms with van der Waals surface area (Å²) in [6, 6.07) is 3.99. The van der Waals surface area contributed by atoms with Crippen molar-refractivity contribution >= 4 is 11.6 Å². The third-order valence-electron chi connectivity index (χ3n) is 3.27. The van der Waals surface area contributed by atoms with Gasteiger partial charge in [-0.25, -0.2) is 4.98 Å². The largest absolute Gasteiger partial charge is 0.383 e. The maximum atomic E-state index is 12.0. The van der Waals surface area contributed by atoms with Gasteiger partial charge in [-0.1, -0.05) is 6.42 Å². The number of carbonyl (C=O) groups is 1. The summed E-state index contributed by atoms with van der Waals surface area (Å²) < 4.78 is 0. The van der Waals surface area contributed by atoms with Crippen LogP contribution in [0.1, 0.15) is 42.5 Å². The van der Waals surface area contributed by atoms with E-state index in [0.29, 0.717) is 23.8 Å². The molecule has 4 nitrogen and oxygen atoms in total. The Hall–Kier alpha value is -1.42. The summed E-state index contributed by atoms with van der Waals surface area (Å²) in [4.78, 5) is 15.9. The number of anilines is 1. The molecule has 1 unspecified atom stereocenters. The van der Waals surface area contributed by atoms with Crippen LogP contribution in [0.25, 0.3) is 0 Å². The number of carbonyl (C=O) groups excluding carboxylic acids is 1. The second kappa shape index (κ2) is 5.77. The van der Waals surface area contributed by atoms with E-state index >= 15 is 0 Å². The van der Waals surface area contributed by atoms with Gasteiger partial charge in [0, 0.05) is 18.7 Å². The number of Topliss-reactive ketones (excluding diaryl/α,β-unsaturated/α-hetero) is 1. The van der Waals surface area contributed by atoms with Gasteiger partial charge in [-0.2, -0.15) is 0 Å². The average Bonchev–Trinajstić information content (AvgIpc) is 2.38. The Balaban J connectivity index is 1.87. The molecule has 1 aliphatic heterocycles. The van der Waals surface area contributed by atoms with Gasteiger partial charge in [0.15, 0.2) is 5.78 Å². The molecule has 1 aromatic rings. The highest BCUT2D eigenvalue weighted by Gasteiger charge is 2.16. The molecule has 0 aromatic carbocycles. The fraction of sp³-hybridized carbons (Fsp3) is 0.538. The maximum Gasteiger partial charge on any atom is 0.166 e. The lowest BCUT2D eigenvalue weighted by Gasteiger charge is -2.23. The van der Waals surface area contributed by atoms with E-state index in [2.05, 4.69) is 10.3 Å². The number of rotatable bonds is 4. The monoisotopic (exact) mass is 233 g/mol. The molecular weight excluding hydrogens is 214 g/mol. The molecule has 17 heavy (non-hydrogen) atoms. The first kappa shape index (κ1) is 12.0. The lowest BCUT2D eigenvalue weighted by atomic mass is 9.97. The second-order valence-corrected chi connectivity index (χ2v) is 4.54. The molecular formula is C13H19N3O. The van der Waals surface area contributed by atoms with Gasteiger partial charge >= 0.3 is 0 Å². The van der Waals surface area contributed by atoms with Crippen molar-refractivity contribution in [2.45, 2.75) is 38.1 Å². The molecule has 2 heterocycles. The fourth-order valence-electron chi connectivity index (χ4n) is 2.26. The van der Waals surface area contributed by atoms with Crippen molar-refractivity contribution in [3.8, 4) is 0 Å². The van der Waals surface area contributed by atoms with E-state index in [4.69, 9.17) is 5.73 Å². The molecule has 0 saturated carbocycles. The van der Waals surface area contributed by atoms with E-state index in [-0.39, 0.29) is 5.78 Å². The normalized spacial score (nSPS) is 20.1. The van der Waals surface area contributed by atoms with Gasteiger partial charge in [0.1, 0.15) is 5.82 Å². The molecule has 1 aliphatic rings. The highest BCUT2D eigenvalue weighted by Crippen LogP contribution is 2.16. The minimum atomic E-state index is 0.1000. The van der Waals surface area contributed by atoms with Gasteiger partial charge in [0.25, 0.3) is 0 Å². The molecule has 1 atom stereocenters. The Morgan fingerprint density at radius 1 is 1.53 bits per heavy atom. The van der Waals surface area contributed by atoms with Crippen LogP contribution in [0.2, 0.25) is 0 Å². The van der Waals surface area contributed by atoms with Gasteiger partial charge in [-0.05, 0) is 37.9 Å². The van der Waals surface area contributed by atoms with Gasteiger partial charge in [0.2, 0.25) is 0 Å². The summed E-state index contributed by atoms with van der Waals surface area (Å²) in [5.41, 5.74) is 6.24. The number of aromatic nitrogens is 1. The Labute approximate surface area is 102 Å². The zero-order valence-corrected chi connectivity index (χ0v) is 9.98. The number of hydrogen-bond acceptors (Lipinski definition) is 4. The van der Waals surface area contributed by atoms with Gasteiger partial charge in [-0.15, -0.1) is 0 Å². The van der Waals surface area contributed by atoms with Gasteiger partial charge in [0.05, 0.1) is 5.56 Å². The number of piperidine rings is 1. The minimum Gasteiger partial charge on any atom is -0.383 e. The van der Waals surface area contributed by atoms with Crippen LogP contribution < -0.4 is 11.1 Å². The molecule has 0 amide bonds. The lowest BCUT2D eigenvalue weighted by Crippen LogP contribution is -2.34. The van der Waals surface area contributed by atoms with Crippen molar-refractivity contribution in [2.75, 3.05) is 12.3 Å². The fourth-order valence-corrected chi connectivity index (χ4v) is 2.26. The molecule has 0 bridgehead atoms. The number of ketones is 1. The quantitative estimate of drug-likeness (QED) is 0.778. The first-order valence-corrected chi connectivity index (χ1v) is 6.24. The van der Waals surface area contributed by atoms with Crippen molar-refractivity contribution in [2.24, 2.45) is 0 Å². The molecule has 3 N–H and O–H groups in total. The van der Waals surface area contributed by atoms with E-state index in [1.807, 2.05) is 0 Å². The van der Waals surface area contributed by atoms with Crippen molar-refractivity contribution in [1.82, 2.24) is 10.3 Å². The summed E-state index contributed by atoms with van der Waals surface area (Å²) in [5, 5.41) is 3.44. The number of nitrogens with two attached hydrogens (primary N) is 1. The Kier molecular flexibility index (Phi) is 4.09. The summed E-state index contributed by atoms with van der Waals surface area (Å²) >= 11 is 0. The number of hydrogen-bond donors (Lipinski definition) is 2. The third-order valence-corrected chi connectivity index (χ3v) is 3.27. The topological polar surface area (TPSA) is 68.0 Å². The smallest absolute Gasteiger partial charge is 0.166 e. The molecule has 0 aliphatic carbocycles. The molecule has 2 rings (SSSR count). The number of nitrogens with one attached hydrogen (secondary N) is 1. The van der Waals surface area contributed by atoms with Crippen LogP contribution in [0.3, 0.4) is 0 Å². The number of nitrogen functional groups attached to an aromatic ring is 1. The van der Waals surface area contributed by atoms with Crippen LogP contribution in [0, 0.1) is 0 Å². The van der Waals surface area contributed by atoms with Crippen molar-refractivity contribution in [1.29, 1.82) is 0 Å². The maximum absolute atomic E-state index is 12.0. The molecule has 1 aromatic heterocycles. The number of pyridine rings is 1. The summed E-state index contributed by atoms with van der Waals surface area (Å²) in [6.45, 7) is 1.08. The highest BCUT2D eigenvalue weighted by molar-refractivity contribution is 5.99. The zero-order chi connectivity index (χ0) is 12.1. The van der Waals surface area contributed by atoms with Crippen LogP contribution in [0.5, 0.6) is 0 Å². The lowest BCUT2D eigenvalue weighted by molar-refractivity contribution is 0.0975. The van der Waals surface area contributed by atoms with Gasteiger partial charge in [-0.3, -0.25) is 4.79 Å². The van der Waals surface area contributed by atoms with Crippen molar-refractivity contribution in [3.63, 3.8) is 0 Å².